The molecule has 0 aliphatic carbocycles. The summed E-state index contributed by atoms with van der Waals surface area (Å²) < 4.78 is 63.8. The summed E-state index contributed by atoms with van der Waals surface area (Å²) in [6.45, 7) is 0.580. The van der Waals surface area contributed by atoms with Gasteiger partial charge in [-0.2, -0.15) is 21.6 Å². The van der Waals surface area contributed by atoms with Crippen molar-refractivity contribution in [3.63, 3.8) is 0 Å². The van der Waals surface area contributed by atoms with Crippen molar-refractivity contribution >= 4 is 27.3 Å². The summed E-state index contributed by atoms with van der Waals surface area (Å²) in [5, 5.41) is 2.54. The molecule has 0 saturated heterocycles. The summed E-state index contributed by atoms with van der Waals surface area (Å²) in [5.74, 6) is -0.757. The summed E-state index contributed by atoms with van der Waals surface area (Å²) in [5.41, 5.74) is -4.87. The lowest BCUT2D eigenvalue weighted by Crippen LogP contribution is -2.30. The molecule has 0 saturated carbocycles. The predicted octanol–water partition coefficient (Wildman–Crippen LogP) is 3.45. The molecule has 0 bridgehead atoms. The molecule has 7 nitrogen and oxygen atoms in total. The van der Waals surface area contributed by atoms with Crippen molar-refractivity contribution in [1.29, 1.82) is 0 Å². The minimum absolute atomic E-state index is 0.247. The normalized spacial score (nSPS) is 11.8. The van der Waals surface area contributed by atoms with Crippen molar-refractivity contribution in [1.82, 2.24) is 9.55 Å². The zero-order chi connectivity index (χ0) is 21.1. The van der Waals surface area contributed by atoms with E-state index in [1.54, 1.807) is 43.0 Å². The number of para-hydroxylation sites is 1. The van der Waals surface area contributed by atoms with Crippen LogP contribution in [-0.4, -0.2) is 29.4 Å². The highest BCUT2D eigenvalue weighted by molar-refractivity contribution is 7.93. The van der Waals surface area contributed by atoms with E-state index in [1.807, 2.05) is 4.57 Å². The van der Waals surface area contributed by atoms with Crippen molar-refractivity contribution < 1.29 is 26.4 Å². The van der Waals surface area contributed by atoms with Crippen LogP contribution in [0.3, 0.4) is 0 Å². The van der Waals surface area contributed by atoms with Gasteiger partial charge >= 0.3 is 15.5 Å². The average Bonchev–Trinajstić information content (AvgIpc) is 3.15. The molecular formula is C18H15F3N4O3S. The molecule has 3 aromatic rings. The van der Waals surface area contributed by atoms with Crippen LogP contribution in [0.5, 0.6) is 0 Å². The fourth-order valence-electron chi connectivity index (χ4n) is 2.46. The van der Waals surface area contributed by atoms with Crippen LogP contribution in [0.4, 0.5) is 24.5 Å². The Morgan fingerprint density at radius 2 is 1.76 bits per heavy atom. The number of halogens is 3. The Morgan fingerprint density at radius 1 is 1.07 bits per heavy atom. The zero-order valence-corrected chi connectivity index (χ0v) is 15.5. The number of hydrogen-bond acceptors (Lipinski definition) is 4. The maximum atomic E-state index is 12.6. The van der Waals surface area contributed by atoms with E-state index < -0.39 is 27.1 Å². The molecule has 11 heteroatoms. The molecule has 29 heavy (non-hydrogen) atoms. The first-order valence-corrected chi connectivity index (χ1v) is 9.68. The van der Waals surface area contributed by atoms with Crippen LogP contribution in [0.25, 0.3) is 0 Å². The summed E-state index contributed by atoms with van der Waals surface area (Å²) >= 11 is 0. The van der Waals surface area contributed by atoms with Gasteiger partial charge in [-0.25, -0.2) is 4.98 Å². The molecule has 0 fully saturated rings. The van der Waals surface area contributed by atoms with Gasteiger partial charge in [0.1, 0.15) is 0 Å². The Bertz CT molecular complexity index is 1100. The van der Waals surface area contributed by atoms with Gasteiger partial charge in [-0.15, -0.1) is 0 Å². The Hall–Kier alpha value is -3.34. The molecule has 0 spiro atoms. The molecule has 0 unspecified atom stereocenters. The quantitative estimate of drug-likeness (QED) is 0.634. The molecule has 0 atom stereocenters. The maximum Gasteiger partial charge on any atom is 0.516 e. The van der Waals surface area contributed by atoms with Crippen LogP contribution in [0.15, 0.2) is 67.3 Å². The van der Waals surface area contributed by atoms with Gasteiger partial charge in [0.25, 0.3) is 5.91 Å². The number of rotatable bonds is 6. The summed E-state index contributed by atoms with van der Waals surface area (Å²) in [6.07, 6.45) is 5.11. The number of amides is 1. The summed E-state index contributed by atoms with van der Waals surface area (Å²) in [6, 6.07) is 11.8. The largest absolute Gasteiger partial charge is 0.516 e. The molecule has 1 aromatic heterocycles. The smallest absolute Gasteiger partial charge is 0.333 e. The first kappa shape index (κ1) is 20.4. The number of carbonyl (C=O) groups excluding carboxylic acids is 1. The van der Waals surface area contributed by atoms with E-state index in [2.05, 4.69) is 10.3 Å². The Morgan fingerprint density at radius 3 is 2.38 bits per heavy atom. The van der Waals surface area contributed by atoms with E-state index in [-0.39, 0.29) is 5.56 Å². The molecule has 0 aliphatic heterocycles. The van der Waals surface area contributed by atoms with Crippen molar-refractivity contribution in [2.45, 2.75) is 12.1 Å². The number of alkyl halides is 3. The highest BCUT2D eigenvalue weighted by Gasteiger charge is 2.46. The number of hydrogen-bond donors (Lipinski definition) is 2. The topological polar surface area (TPSA) is 93.1 Å². The van der Waals surface area contributed by atoms with Gasteiger partial charge in [0.2, 0.25) is 0 Å². The highest BCUT2D eigenvalue weighted by Crippen LogP contribution is 2.27. The van der Waals surface area contributed by atoms with E-state index in [0.29, 0.717) is 12.2 Å². The third kappa shape index (κ3) is 4.93. The fourth-order valence-corrected chi connectivity index (χ4v) is 3.04. The van der Waals surface area contributed by atoms with Gasteiger partial charge in [-0.05, 0) is 29.8 Å². The molecule has 2 aromatic carbocycles. The van der Waals surface area contributed by atoms with E-state index in [4.69, 9.17) is 0 Å². The summed E-state index contributed by atoms with van der Waals surface area (Å²) in [7, 11) is -5.65. The lowest BCUT2D eigenvalue weighted by molar-refractivity contribution is -0.0429. The van der Waals surface area contributed by atoms with Crippen LogP contribution < -0.4 is 10.0 Å². The van der Waals surface area contributed by atoms with Gasteiger partial charge in [-0.3, -0.25) is 9.52 Å². The van der Waals surface area contributed by atoms with E-state index in [0.717, 1.165) is 11.6 Å². The van der Waals surface area contributed by atoms with Gasteiger partial charge in [0.15, 0.2) is 0 Å². The van der Waals surface area contributed by atoms with Gasteiger partial charge < -0.3 is 9.88 Å². The molecule has 0 radical (unpaired) electrons. The van der Waals surface area contributed by atoms with Crippen molar-refractivity contribution in [2.24, 2.45) is 0 Å². The number of carbonyl (C=O) groups is 1. The van der Waals surface area contributed by atoms with Crippen LogP contribution in [-0.2, 0) is 16.6 Å². The number of sulfonamides is 1. The first-order valence-electron chi connectivity index (χ1n) is 8.20. The Kier molecular flexibility index (Phi) is 5.59. The standard InChI is InChI=1S/C18H15F3N4O3S/c19-18(20,21)29(27,28)24-16-4-2-1-3-15(16)17(26)23-14-7-5-13(6-8-14)11-25-10-9-22-12-25/h1-10,12,24H,11H2,(H,23,26). The Labute approximate surface area is 164 Å². The number of nitrogens with one attached hydrogen (secondary N) is 2. The van der Waals surface area contributed by atoms with Gasteiger partial charge in [0, 0.05) is 24.6 Å². The zero-order valence-electron chi connectivity index (χ0n) is 14.7. The molecule has 1 amide bonds. The lowest BCUT2D eigenvalue weighted by Gasteiger charge is -2.14. The molecular weight excluding hydrogens is 409 g/mol. The monoisotopic (exact) mass is 424 g/mol. The maximum absolute atomic E-state index is 12.6. The summed E-state index contributed by atoms with van der Waals surface area (Å²) in [4.78, 5) is 16.4. The number of anilines is 2. The fraction of sp³-hybridized carbons (Fsp3) is 0.111. The second-order valence-electron chi connectivity index (χ2n) is 5.98. The number of benzene rings is 2. The van der Waals surface area contributed by atoms with E-state index >= 15 is 0 Å². The molecule has 2 N–H and O–H groups in total. The minimum atomic E-state index is -5.65. The molecule has 3 rings (SSSR count). The van der Waals surface area contributed by atoms with E-state index in [1.165, 1.54) is 22.9 Å². The van der Waals surface area contributed by atoms with Crippen LogP contribution in [0.1, 0.15) is 15.9 Å². The third-order valence-electron chi connectivity index (χ3n) is 3.86. The SMILES string of the molecule is O=C(Nc1ccc(Cn2ccnc2)cc1)c1ccccc1NS(=O)(=O)C(F)(F)F. The first-order chi connectivity index (χ1) is 13.7. The molecule has 1 heterocycles. The number of aromatic nitrogens is 2. The second kappa shape index (κ2) is 7.95. The van der Waals surface area contributed by atoms with Crippen molar-refractivity contribution in [3.05, 3.63) is 78.4 Å². The lowest BCUT2D eigenvalue weighted by atomic mass is 10.1. The number of nitrogens with zero attached hydrogens (tertiary/aromatic N) is 2. The average molecular weight is 424 g/mol. The van der Waals surface area contributed by atoms with Crippen LogP contribution in [0, 0.1) is 0 Å². The van der Waals surface area contributed by atoms with E-state index in [9.17, 15) is 26.4 Å². The number of imidazole rings is 1. The van der Waals surface area contributed by atoms with Crippen molar-refractivity contribution in [2.75, 3.05) is 10.0 Å². The van der Waals surface area contributed by atoms with Gasteiger partial charge in [0.05, 0.1) is 17.6 Å². The predicted molar refractivity (Wildman–Crippen MR) is 101 cm³/mol. The van der Waals surface area contributed by atoms with Crippen LogP contribution >= 0.6 is 0 Å². The molecule has 0 aliphatic rings. The van der Waals surface area contributed by atoms with Gasteiger partial charge in [-0.1, -0.05) is 24.3 Å². The third-order valence-corrected chi connectivity index (χ3v) is 4.95. The van der Waals surface area contributed by atoms with Crippen molar-refractivity contribution in [3.8, 4) is 0 Å². The molecule has 152 valence electrons. The highest BCUT2D eigenvalue weighted by atomic mass is 32.2. The minimum Gasteiger partial charge on any atom is -0.333 e. The van der Waals surface area contributed by atoms with Crippen LogP contribution in [0.2, 0.25) is 0 Å². The Balaban J connectivity index is 1.74. The second-order valence-corrected chi connectivity index (χ2v) is 7.66.